The minimum atomic E-state index is -0.469. The van der Waals surface area contributed by atoms with Crippen molar-refractivity contribution in [1.82, 2.24) is 9.97 Å². The van der Waals surface area contributed by atoms with Gasteiger partial charge in [-0.3, -0.25) is 9.59 Å². The summed E-state index contributed by atoms with van der Waals surface area (Å²) in [6, 6.07) is 17.1. The highest BCUT2D eigenvalue weighted by molar-refractivity contribution is 6.10. The number of anilines is 2. The van der Waals surface area contributed by atoms with Crippen molar-refractivity contribution in [2.24, 2.45) is 0 Å². The van der Waals surface area contributed by atoms with Crippen molar-refractivity contribution in [3.05, 3.63) is 106 Å². The second-order valence-corrected chi connectivity index (χ2v) is 8.96. The van der Waals surface area contributed by atoms with Crippen LogP contribution in [0.25, 0.3) is 11.3 Å². The molecule has 0 radical (unpaired) electrons. The topological polar surface area (TPSA) is 75.2 Å². The van der Waals surface area contributed by atoms with Crippen LogP contribution in [-0.2, 0) is 6.42 Å². The average molecular weight is 481 g/mol. The number of hydrogen-bond donors (Lipinski definition) is 1. The Balaban J connectivity index is 1.43. The standard InChI is InChI=1S/C29H25FN4O2/c1-17-8-9-21(30)15-25(17)28(35)33-22-10-11-23(18(2)14-22)29(36)34-13-12-20-16-31-19(3)32-27(20)24-6-4-5-7-26(24)34/h4-11,14-16H,12-13H2,1-3H3,(H,33,35). The fourth-order valence-corrected chi connectivity index (χ4v) is 4.55. The Bertz CT molecular complexity index is 1520. The minimum Gasteiger partial charge on any atom is -0.322 e. The van der Waals surface area contributed by atoms with Gasteiger partial charge in [0.25, 0.3) is 11.8 Å². The molecule has 0 bridgehead atoms. The van der Waals surface area contributed by atoms with Crippen molar-refractivity contribution in [2.45, 2.75) is 27.2 Å². The molecule has 0 unspecified atom stereocenters. The molecule has 1 aliphatic rings. The molecule has 0 saturated carbocycles. The number of hydrogen-bond acceptors (Lipinski definition) is 4. The van der Waals surface area contributed by atoms with E-state index in [4.69, 9.17) is 0 Å². The van der Waals surface area contributed by atoms with Crippen LogP contribution >= 0.6 is 0 Å². The van der Waals surface area contributed by atoms with Crippen molar-refractivity contribution in [2.75, 3.05) is 16.8 Å². The molecule has 6 nitrogen and oxygen atoms in total. The first-order chi connectivity index (χ1) is 17.3. The van der Waals surface area contributed by atoms with Gasteiger partial charge in [-0.1, -0.05) is 24.3 Å². The Hall–Kier alpha value is -4.39. The van der Waals surface area contributed by atoms with Crippen LogP contribution in [-0.4, -0.2) is 28.3 Å². The number of nitrogens with zero attached hydrogens (tertiary/aromatic N) is 3. The average Bonchev–Trinajstić information content (AvgIpc) is 3.02. The highest BCUT2D eigenvalue weighted by Crippen LogP contribution is 2.36. The molecule has 1 N–H and O–H groups in total. The lowest BCUT2D eigenvalue weighted by molar-refractivity contribution is 0.0985. The molecular formula is C29H25FN4O2. The molecule has 7 heteroatoms. The number of carbonyl (C=O) groups excluding carboxylic acids is 2. The van der Waals surface area contributed by atoms with E-state index in [-0.39, 0.29) is 11.5 Å². The number of rotatable bonds is 3. The van der Waals surface area contributed by atoms with E-state index in [9.17, 15) is 14.0 Å². The maximum Gasteiger partial charge on any atom is 0.258 e. The number of amides is 2. The SMILES string of the molecule is Cc1ncc2c(n1)-c1ccccc1N(C(=O)c1ccc(NC(=O)c3cc(F)ccc3C)cc1C)CC2. The van der Waals surface area contributed by atoms with Gasteiger partial charge in [0.1, 0.15) is 11.6 Å². The molecule has 0 spiro atoms. The van der Waals surface area contributed by atoms with Crippen LogP contribution in [0.3, 0.4) is 0 Å². The van der Waals surface area contributed by atoms with Gasteiger partial charge in [-0.2, -0.15) is 0 Å². The van der Waals surface area contributed by atoms with Crippen LogP contribution in [0.2, 0.25) is 0 Å². The number of nitrogens with one attached hydrogen (secondary N) is 1. The minimum absolute atomic E-state index is 0.128. The smallest absolute Gasteiger partial charge is 0.258 e. The van der Waals surface area contributed by atoms with Gasteiger partial charge >= 0.3 is 0 Å². The Morgan fingerprint density at radius 1 is 0.944 bits per heavy atom. The molecule has 180 valence electrons. The number of para-hydroxylation sites is 1. The van der Waals surface area contributed by atoms with E-state index >= 15 is 0 Å². The van der Waals surface area contributed by atoms with E-state index < -0.39 is 11.7 Å². The molecule has 4 aromatic rings. The molecule has 3 aromatic carbocycles. The first-order valence-corrected chi connectivity index (χ1v) is 11.7. The fourth-order valence-electron chi connectivity index (χ4n) is 4.55. The molecule has 0 fully saturated rings. The lowest BCUT2D eigenvalue weighted by Crippen LogP contribution is -2.33. The van der Waals surface area contributed by atoms with E-state index in [1.54, 1.807) is 36.1 Å². The summed E-state index contributed by atoms with van der Waals surface area (Å²) in [6.45, 7) is 5.94. The Morgan fingerprint density at radius 2 is 1.75 bits per heavy atom. The van der Waals surface area contributed by atoms with Crippen LogP contribution in [0, 0.1) is 26.6 Å². The second-order valence-electron chi connectivity index (χ2n) is 8.96. The van der Waals surface area contributed by atoms with Gasteiger partial charge in [0.15, 0.2) is 0 Å². The van der Waals surface area contributed by atoms with E-state index in [0.717, 1.165) is 28.1 Å². The summed E-state index contributed by atoms with van der Waals surface area (Å²) in [6.07, 6.45) is 2.47. The van der Waals surface area contributed by atoms with Gasteiger partial charge < -0.3 is 10.2 Å². The number of aryl methyl sites for hydroxylation is 3. The zero-order valence-corrected chi connectivity index (χ0v) is 20.3. The molecular weight excluding hydrogens is 455 g/mol. The van der Waals surface area contributed by atoms with Gasteiger partial charge in [-0.05, 0) is 80.3 Å². The van der Waals surface area contributed by atoms with Gasteiger partial charge in [-0.15, -0.1) is 0 Å². The van der Waals surface area contributed by atoms with Crippen molar-refractivity contribution in [3.8, 4) is 11.3 Å². The maximum atomic E-state index is 13.8. The van der Waals surface area contributed by atoms with E-state index in [1.807, 2.05) is 44.3 Å². The normalized spacial score (nSPS) is 12.4. The third-order valence-electron chi connectivity index (χ3n) is 6.44. The quantitative estimate of drug-likeness (QED) is 0.410. The van der Waals surface area contributed by atoms with Crippen LogP contribution in [0.1, 0.15) is 43.2 Å². The molecule has 0 atom stereocenters. The summed E-state index contributed by atoms with van der Waals surface area (Å²) in [7, 11) is 0. The first-order valence-electron chi connectivity index (χ1n) is 11.7. The Morgan fingerprint density at radius 3 is 2.56 bits per heavy atom. The van der Waals surface area contributed by atoms with Crippen molar-refractivity contribution in [3.63, 3.8) is 0 Å². The molecule has 1 aromatic heterocycles. The second kappa shape index (κ2) is 9.34. The number of aromatic nitrogens is 2. The third-order valence-corrected chi connectivity index (χ3v) is 6.44. The predicted molar refractivity (Wildman–Crippen MR) is 138 cm³/mol. The third kappa shape index (κ3) is 4.35. The lowest BCUT2D eigenvalue weighted by Gasteiger charge is -2.24. The highest BCUT2D eigenvalue weighted by Gasteiger charge is 2.27. The predicted octanol–water partition coefficient (Wildman–Crippen LogP) is 5.66. The molecule has 5 rings (SSSR count). The molecule has 0 aliphatic carbocycles. The van der Waals surface area contributed by atoms with Crippen LogP contribution < -0.4 is 10.2 Å². The number of fused-ring (bicyclic) bond motifs is 3. The van der Waals surface area contributed by atoms with Crippen LogP contribution in [0.15, 0.2) is 66.9 Å². The number of halogens is 1. The highest BCUT2D eigenvalue weighted by atomic mass is 19.1. The van der Waals surface area contributed by atoms with Crippen molar-refractivity contribution in [1.29, 1.82) is 0 Å². The zero-order valence-electron chi connectivity index (χ0n) is 20.3. The Labute approximate surface area is 208 Å². The number of carbonyl (C=O) groups is 2. The van der Waals surface area contributed by atoms with Crippen LogP contribution in [0.5, 0.6) is 0 Å². The molecule has 2 heterocycles. The molecule has 1 aliphatic heterocycles. The van der Waals surface area contributed by atoms with E-state index in [0.29, 0.717) is 35.6 Å². The van der Waals surface area contributed by atoms with Gasteiger partial charge in [0.05, 0.1) is 11.4 Å². The van der Waals surface area contributed by atoms with Gasteiger partial charge in [0.2, 0.25) is 0 Å². The summed E-state index contributed by atoms with van der Waals surface area (Å²) >= 11 is 0. The monoisotopic (exact) mass is 480 g/mol. The van der Waals surface area contributed by atoms with Crippen LogP contribution in [0.4, 0.5) is 15.8 Å². The maximum absolute atomic E-state index is 13.8. The van der Waals surface area contributed by atoms with E-state index in [2.05, 4.69) is 15.3 Å². The Kier molecular flexibility index (Phi) is 6.06. The molecule has 36 heavy (non-hydrogen) atoms. The summed E-state index contributed by atoms with van der Waals surface area (Å²) < 4.78 is 13.6. The lowest BCUT2D eigenvalue weighted by atomic mass is 10.0. The summed E-state index contributed by atoms with van der Waals surface area (Å²) in [4.78, 5) is 37.2. The van der Waals surface area contributed by atoms with E-state index in [1.165, 1.54) is 12.1 Å². The zero-order chi connectivity index (χ0) is 25.4. The largest absolute Gasteiger partial charge is 0.322 e. The van der Waals surface area contributed by atoms with Crippen molar-refractivity contribution < 1.29 is 14.0 Å². The van der Waals surface area contributed by atoms with Crippen molar-refractivity contribution >= 4 is 23.2 Å². The summed E-state index contributed by atoms with van der Waals surface area (Å²) in [5, 5.41) is 2.81. The summed E-state index contributed by atoms with van der Waals surface area (Å²) in [5.41, 5.74) is 6.31. The molecule has 2 amide bonds. The van der Waals surface area contributed by atoms with Gasteiger partial charge in [-0.25, -0.2) is 14.4 Å². The molecule has 0 saturated heterocycles. The summed E-state index contributed by atoms with van der Waals surface area (Å²) in [5.74, 6) is -0.313. The number of benzene rings is 3. The first kappa shape index (κ1) is 23.4. The fraction of sp³-hybridized carbons (Fsp3) is 0.172. The van der Waals surface area contributed by atoms with Gasteiger partial charge in [0, 0.05) is 35.1 Å².